The summed E-state index contributed by atoms with van der Waals surface area (Å²) in [5.41, 5.74) is 1.62. The summed E-state index contributed by atoms with van der Waals surface area (Å²) in [6, 6.07) is 16.7. The van der Waals surface area contributed by atoms with E-state index in [0.29, 0.717) is 0 Å². The van der Waals surface area contributed by atoms with Gasteiger partial charge in [-0.1, -0.05) is 60.7 Å². The van der Waals surface area contributed by atoms with Gasteiger partial charge >= 0.3 is 5.97 Å². The molecule has 0 aliphatic heterocycles. The van der Waals surface area contributed by atoms with Gasteiger partial charge in [-0.05, 0) is 25.0 Å². The van der Waals surface area contributed by atoms with Crippen LogP contribution in [-0.4, -0.2) is 35.0 Å². The normalized spacial score (nSPS) is 12.9. The first-order valence-electron chi connectivity index (χ1n) is 8.33. The summed E-state index contributed by atoms with van der Waals surface area (Å²) in [6.07, 6.45) is 0. The molecule has 0 radical (unpaired) electrons. The lowest BCUT2D eigenvalue weighted by molar-refractivity contribution is -0.141. The van der Waals surface area contributed by atoms with Crippen molar-refractivity contribution in [1.82, 2.24) is 10.6 Å². The maximum absolute atomic E-state index is 12.9. The zero-order chi connectivity index (χ0) is 19.1. The van der Waals surface area contributed by atoms with Crippen LogP contribution in [0.25, 0.3) is 0 Å². The molecule has 26 heavy (non-hydrogen) atoms. The van der Waals surface area contributed by atoms with Gasteiger partial charge in [0.15, 0.2) is 0 Å². The van der Waals surface area contributed by atoms with E-state index in [1.54, 1.807) is 0 Å². The number of carboxylic acid groups (broad SMARTS) is 1. The Balaban J connectivity index is 2.17. The molecule has 0 bridgehead atoms. The van der Waals surface area contributed by atoms with E-state index < -0.39 is 29.9 Å². The predicted octanol–water partition coefficient (Wildman–Crippen LogP) is 1.91. The quantitative estimate of drug-likeness (QED) is 0.708. The van der Waals surface area contributed by atoms with Crippen LogP contribution in [0.5, 0.6) is 0 Å². The minimum absolute atomic E-state index is 0.326. The predicted molar refractivity (Wildman–Crippen MR) is 97.6 cm³/mol. The van der Waals surface area contributed by atoms with Gasteiger partial charge in [-0.25, -0.2) is 0 Å². The summed E-state index contributed by atoms with van der Waals surface area (Å²) in [6.45, 7) is 2.89. The topological polar surface area (TPSA) is 95.5 Å². The van der Waals surface area contributed by atoms with Crippen LogP contribution >= 0.6 is 0 Å². The van der Waals surface area contributed by atoms with Gasteiger partial charge in [-0.3, -0.25) is 14.4 Å². The van der Waals surface area contributed by atoms with Crippen molar-refractivity contribution in [2.75, 3.05) is 0 Å². The maximum atomic E-state index is 12.9. The molecule has 6 heteroatoms. The number of rotatable bonds is 7. The first-order chi connectivity index (χ1) is 12.4. The SMILES string of the molecule is C[C@@H](NC(=O)[C@@H](C)NC(=O)C(c1ccccc1)c1ccccc1)C(=O)O. The van der Waals surface area contributed by atoms with E-state index in [4.69, 9.17) is 5.11 Å². The molecule has 6 nitrogen and oxygen atoms in total. The molecule has 0 aliphatic rings. The van der Waals surface area contributed by atoms with Crippen molar-refractivity contribution in [1.29, 1.82) is 0 Å². The molecule has 0 saturated heterocycles. The molecule has 2 rings (SSSR count). The number of amides is 2. The van der Waals surface area contributed by atoms with E-state index in [0.717, 1.165) is 11.1 Å². The number of nitrogens with one attached hydrogen (secondary N) is 2. The maximum Gasteiger partial charge on any atom is 0.325 e. The average Bonchev–Trinajstić information content (AvgIpc) is 2.63. The summed E-state index contributed by atoms with van der Waals surface area (Å²) in [5.74, 6) is -2.57. The summed E-state index contributed by atoms with van der Waals surface area (Å²) in [7, 11) is 0. The van der Waals surface area contributed by atoms with Gasteiger partial charge < -0.3 is 15.7 Å². The van der Waals surface area contributed by atoms with Crippen LogP contribution in [0.1, 0.15) is 30.9 Å². The Morgan fingerprint density at radius 2 is 1.15 bits per heavy atom. The van der Waals surface area contributed by atoms with Gasteiger partial charge in [0.05, 0.1) is 5.92 Å². The largest absolute Gasteiger partial charge is 0.480 e. The second-order valence-electron chi connectivity index (χ2n) is 6.05. The van der Waals surface area contributed by atoms with Crippen LogP contribution in [0.15, 0.2) is 60.7 Å². The second-order valence-corrected chi connectivity index (χ2v) is 6.05. The van der Waals surface area contributed by atoms with Crippen molar-refractivity contribution in [3.63, 3.8) is 0 Å². The highest BCUT2D eigenvalue weighted by molar-refractivity contribution is 5.93. The smallest absolute Gasteiger partial charge is 0.325 e. The molecule has 0 heterocycles. The van der Waals surface area contributed by atoms with E-state index >= 15 is 0 Å². The Hall–Kier alpha value is -3.15. The Labute approximate surface area is 152 Å². The number of hydrogen-bond donors (Lipinski definition) is 3. The molecular formula is C20H22N2O4. The Bertz CT molecular complexity index is 722. The minimum Gasteiger partial charge on any atom is -0.480 e. The molecule has 0 aliphatic carbocycles. The Kier molecular flexibility index (Phi) is 6.49. The number of hydrogen-bond acceptors (Lipinski definition) is 3. The monoisotopic (exact) mass is 354 g/mol. The summed E-state index contributed by atoms with van der Waals surface area (Å²) in [4.78, 5) is 35.8. The summed E-state index contributed by atoms with van der Waals surface area (Å²) < 4.78 is 0. The molecular weight excluding hydrogens is 332 g/mol. The highest BCUT2D eigenvalue weighted by Gasteiger charge is 2.26. The second kappa shape index (κ2) is 8.80. The van der Waals surface area contributed by atoms with Gasteiger partial charge in [0.2, 0.25) is 11.8 Å². The molecule has 2 atom stereocenters. The van der Waals surface area contributed by atoms with Crippen LogP contribution in [0, 0.1) is 0 Å². The van der Waals surface area contributed by atoms with E-state index in [2.05, 4.69) is 10.6 Å². The fraction of sp³-hybridized carbons (Fsp3) is 0.250. The zero-order valence-electron chi connectivity index (χ0n) is 14.7. The van der Waals surface area contributed by atoms with E-state index in [9.17, 15) is 14.4 Å². The van der Waals surface area contributed by atoms with Gasteiger partial charge in [-0.2, -0.15) is 0 Å². The van der Waals surface area contributed by atoms with Crippen molar-refractivity contribution in [3.8, 4) is 0 Å². The number of carbonyl (C=O) groups is 3. The third kappa shape index (κ3) is 4.92. The molecule has 0 fully saturated rings. The molecule has 2 aromatic carbocycles. The van der Waals surface area contributed by atoms with Crippen LogP contribution in [0.3, 0.4) is 0 Å². The fourth-order valence-electron chi connectivity index (χ4n) is 2.55. The van der Waals surface area contributed by atoms with Gasteiger partial charge in [0.25, 0.3) is 0 Å². The van der Waals surface area contributed by atoms with E-state index in [1.807, 2.05) is 60.7 Å². The van der Waals surface area contributed by atoms with Crippen molar-refractivity contribution >= 4 is 17.8 Å². The Morgan fingerprint density at radius 1 is 0.731 bits per heavy atom. The van der Waals surface area contributed by atoms with Crippen molar-refractivity contribution in [3.05, 3.63) is 71.8 Å². The number of carboxylic acids is 1. The minimum atomic E-state index is -1.14. The molecule has 0 saturated carbocycles. The van der Waals surface area contributed by atoms with Crippen LogP contribution in [-0.2, 0) is 14.4 Å². The number of benzene rings is 2. The molecule has 136 valence electrons. The van der Waals surface area contributed by atoms with Gasteiger partial charge in [-0.15, -0.1) is 0 Å². The highest BCUT2D eigenvalue weighted by Crippen LogP contribution is 2.24. The summed E-state index contributed by atoms with van der Waals surface area (Å²) in [5, 5.41) is 13.9. The first-order valence-corrected chi connectivity index (χ1v) is 8.33. The molecule has 2 aromatic rings. The summed E-state index contributed by atoms with van der Waals surface area (Å²) >= 11 is 0. The lowest BCUT2D eigenvalue weighted by Gasteiger charge is -2.21. The van der Waals surface area contributed by atoms with Gasteiger partial charge in [0.1, 0.15) is 12.1 Å². The molecule has 2 amide bonds. The molecule has 0 spiro atoms. The van der Waals surface area contributed by atoms with E-state index in [1.165, 1.54) is 13.8 Å². The molecule has 3 N–H and O–H groups in total. The fourth-order valence-corrected chi connectivity index (χ4v) is 2.55. The van der Waals surface area contributed by atoms with Crippen molar-refractivity contribution in [2.24, 2.45) is 0 Å². The lowest BCUT2D eigenvalue weighted by Crippen LogP contribution is -2.50. The van der Waals surface area contributed by atoms with Crippen LogP contribution in [0.2, 0.25) is 0 Å². The number of carbonyl (C=O) groups excluding carboxylic acids is 2. The third-order valence-electron chi connectivity index (χ3n) is 4.01. The van der Waals surface area contributed by atoms with E-state index in [-0.39, 0.29) is 5.91 Å². The third-order valence-corrected chi connectivity index (χ3v) is 4.01. The lowest BCUT2D eigenvalue weighted by atomic mass is 9.90. The van der Waals surface area contributed by atoms with Crippen LogP contribution < -0.4 is 10.6 Å². The number of aliphatic carboxylic acids is 1. The average molecular weight is 354 g/mol. The standard InChI is InChI=1S/C20H22N2O4/c1-13(18(23)22-14(2)20(25)26)21-19(24)17(15-9-5-3-6-10-15)16-11-7-4-8-12-16/h3-14,17H,1-2H3,(H,21,24)(H,22,23)(H,25,26)/t13-,14-/m1/s1. The van der Waals surface area contributed by atoms with Crippen molar-refractivity contribution in [2.45, 2.75) is 31.8 Å². The van der Waals surface area contributed by atoms with Crippen LogP contribution in [0.4, 0.5) is 0 Å². The van der Waals surface area contributed by atoms with Crippen molar-refractivity contribution < 1.29 is 19.5 Å². The highest BCUT2D eigenvalue weighted by atomic mass is 16.4. The van der Waals surface area contributed by atoms with Gasteiger partial charge in [0, 0.05) is 0 Å². The molecule has 0 aromatic heterocycles. The Morgan fingerprint density at radius 3 is 1.58 bits per heavy atom. The first kappa shape index (κ1) is 19.2. The zero-order valence-corrected chi connectivity index (χ0v) is 14.7. The molecule has 0 unspecified atom stereocenters.